The number of nitrogens with zero attached hydrogens (tertiary/aromatic N) is 3. The molecule has 0 amide bonds. The third-order valence-corrected chi connectivity index (χ3v) is 13.7. The van der Waals surface area contributed by atoms with E-state index in [0.717, 1.165) is 0 Å². The van der Waals surface area contributed by atoms with Crippen molar-refractivity contribution in [1.29, 1.82) is 0 Å². The predicted octanol–water partition coefficient (Wildman–Crippen LogP) is 13.6. The molecule has 0 saturated heterocycles. The summed E-state index contributed by atoms with van der Waals surface area (Å²) in [7, 11) is -10.1. The van der Waals surface area contributed by atoms with Crippen LogP contribution in [0.15, 0.2) is 0 Å². The van der Waals surface area contributed by atoms with Gasteiger partial charge in [-0.2, -0.15) is 4.31 Å². The summed E-state index contributed by atoms with van der Waals surface area (Å²) in [5, 5.41) is 0. The van der Waals surface area contributed by atoms with Crippen molar-refractivity contribution in [2.75, 3.05) is 78.5 Å². The van der Waals surface area contributed by atoms with Crippen LogP contribution in [0.3, 0.4) is 0 Å². The number of hydrogen-bond donors (Lipinski definition) is 4. The van der Waals surface area contributed by atoms with Crippen LogP contribution in [0.5, 0.6) is 0 Å². The molecule has 0 saturated carbocycles. The minimum absolute atomic E-state index is 0. The number of rotatable bonds is 38. The molecule has 0 aliphatic heterocycles. The summed E-state index contributed by atoms with van der Waals surface area (Å²) in [5.41, 5.74) is 0. The van der Waals surface area contributed by atoms with Crippen molar-refractivity contribution in [2.24, 2.45) is 0 Å². The van der Waals surface area contributed by atoms with Crippen LogP contribution in [0.25, 0.3) is 0 Å². The van der Waals surface area contributed by atoms with Gasteiger partial charge in [0.1, 0.15) is 0 Å². The monoisotopic (exact) mass is 945 g/mol. The summed E-state index contributed by atoms with van der Waals surface area (Å²) < 4.78 is 26.5. The average molecular weight is 945 g/mol. The Kier molecular flexibility index (Phi) is 56.8. The molecule has 0 aromatic carbocycles. The summed E-state index contributed by atoms with van der Waals surface area (Å²) in [6.07, 6.45) is 33.2. The fourth-order valence-electron chi connectivity index (χ4n) is 8.07. The summed E-state index contributed by atoms with van der Waals surface area (Å²) in [4.78, 5) is 31.0. The molecule has 0 radical (unpaired) electrons. The molecule has 0 unspecified atom stereocenters. The molecule has 0 aliphatic carbocycles. The van der Waals surface area contributed by atoms with Gasteiger partial charge in [-0.05, 0) is 77.0 Å². The van der Waals surface area contributed by atoms with E-state index in [0.29, 0.717) is 0 Å². The second-order valence-electron chi connectivity index (χ2n) is 18.0. The van der Waals surface area contributed by atoms with Crippen LogP contribution in [0.2, 0.25) is 0 Å². The van der Waals surface area contributed by atoms with Crippen molar-refractivity contribution >= 4 is 67.0 Å². The maximum absolute atomic E-state index is 9.63. The van der Waals surface area contributed by atoms with Crippen LogP contribution in [0.1, 0.15) is 237 Å². The van der Waals surface area contributed by atoms with E-state index in [-0.39, 0.29) is 51.4 Å². The molecule has 370 valence electrons. The normalized spacial score (nSPS) is 12.1. The van der Waals surface area contributed by atoms with Crippen LogP contribution >= 0.6 is 15.6 Å². The van der Waals surface area contributed by atoms with Gasteiger partial charge in [0.25, 0.3) is 0 Å². The molecular formula is C48H113KN3O7P2+3. The SMILES string of the molecule is CCCC[N+](CCCC)(CCCC)CCCC.CCCC[N+](CCCC)(CCCC)CCCC.CCCC[N+](CCCC)(CCCC)CCCC.O=P(O)(O)OP(=O)(O)O.[KH]. The van der Waals surface area contributed by atoms with E-state index in [1.807, 2.05) is 0 Å². The van der Waals surface area contributed by atoms with E-state index in [9.17, 15) is 9.13 Å². The van der Waals surface area contributed by atoms with Crippen LogP contribution < -0.4 is 0 Å². The molecule has 0 rings (SSSR count). The van der Waals surface area contributed by atoms with Gasteiger partial charge in [-0.1, -0.05) is 160 Å². The molecule has 0 fully saturated rings. The summed E-state index contributed by atoms with van der Waals surface area (Å²) in [6, 6.07) is 0. The Morgan fingerprint density at radius 3 is 0.426 bits per heavy atom. The van der Waals surface area contributed by atoms with Gasteiger partial charge in [-0.25, -0.2) is 9.13 Å². The van der Waals surface area contributed by atoms with Crippen LogP contribution in [0.4, 0.5) is 0 Å². The van der Waals surface area contributed by atoms with Crippen molar-refractivity contribution in [3.05, 3.63) is 0 Å². The Balaban J connectivity index is -0.000000232. The molecule has 13 heteroatoms. The van der Waals surface area contributed by atoms with Gasteiger partial charge in [0.15, 0.2) is 0 Å². The first-order valence-corrected chi connectivity index (χ1v) is 28.9. The second-order valence-corrected chi connectivity index (χ2v) is 20.6. The molecule has 4 N–H and O–H groups in total. The zero-order valence-electron chi connectivity index (χ0n) is 42.7. The fourth-order valence-corrected chi connectivity index (χ4v) is 9.18. The van der Waals surface area contributed by atoms with Crippen molar-refractivity contribution in [3.8, 4) is 0 Å². The van der Waals surface area contributed by atoms with E-state index in [1.165, 1.54) is 246 Å². The van der Waals surface area contributed by atoms with Crippen molar-refractivity contribution in [3.63, 3.8) is 0 Å². The van der Waals surface area contributed by atoms with Gasteiger partial charge < -0.3 is 33.0 Å². The number of hydrogen-bond acceptors (Lipinski definition) is 3. The molecule has 0 bridgehead atoms. The third kappa shape index (κ3) is 48.1. The van der Waals surface area contributed by atoms with Gasteiger partial charge in [-0.3, -0.25) is 0 Å². The average Bonchev–Trinajstić information content (AvgIpc) is 3.21. The minimum atomic E-state index is -5.05. The van der Waals surface area contributed by atoms with E-state index >= 15 is 0 Å². The molecule has 0 heterocycles. The number of phosphoric acid groups is 2. The van der Waals surface area contributed by atoms with E-state index in [4.69, 9.17) is 19.6 Å². The first kappa shape index (κ1) is 71.8. The Labute approximate surface area is 425 Å². The Morgan fingerprint density at radius 2 is 0.377 bits per heavy atom. The van der Waals surface area contributed by atoms with E-state index < -0.39 is 15.6 Å². The van der Waals surface area contributed by atoms with E-state index in [1.54, 1.807) is 0 Å². The Morgan fingerprint density at radius 1 is 0.279 bits per heavy atom. The standard InChI is InChI=1S/3C16H36N.K.H4O7P2.H/c3*1-5-9-13-17(14-10-6-2,15-11-7-3)16-12-8-4;;1-8(2,3)7-9(4,5)6;/h3*5-16H2,1-4H3;;(H2,1,2,3)(H2,4,5,6);/q3*+1;;;. The quantitative estimate of drug-likeness (QED) is 0.0276. The van der Waals surface area contributed by atoms with Gasteiger partial charge in [0.05, 0.1) is 78.5 Å². The zero-order valence-corrected chi connectivity index (χ0v) is 44.5. The van der Waals surface area contributed by atoms with Gasteiger partial charge in [-0.15, -0.1) is 0 Å². The predicted molar refractivity (Wildman–Crippen MR) is 270 cm³/mol. The molecule has 0 atom stereocenters. The molecule has 0 aromatic heterocycles. The maximum atomic E-state index is 9.63. The number of unbranched alkanes of at least 4 members (excludes halogenated alkanes) is 12. The first-order valence-electron chi connectivity index (χ1n) is 25.8. The topological polar surface area (TPSA) is 124 Å². The summed E-state index contributed by atoms with van der Waals surface area (Å²) in [6.45, 7) is 45.1. The van der Waals surface area contributed by atoms with Gasteiger partial charge >= 0.3 is 67.0 Å². The van der Waals surface area contributed by atoms with Crippen LogP contribution in [0, 0.1) is 0 Å². The van der Waals surface area contributed by atoms with Crippen molar-refractivity contribution in [1.82, 2.24) is 0 Å². The molecule has 10 nitrogen and oxygen atoms in total. The number of quaternary nitrogens is 3. The fraction of sp³-hybridized carbons (Fsp3) is 1.00. The second kappa shape index (κ2) is 48.2. The van der Waals surface area contributed by atoms with Crippen molar-refractivity contribution in [2.45, 2.75) is 237 Å². The van der Waals surface area contributed by atoms with E-state index in [2.05, 4.69) is 87.4 Å². The first-order chi connectivity index (χ1) is 28.4. The van der Waals surface area contributed by atoms with Crippen molar-refractivity contribution < 1.29 is 46.5 Å². The van der Waals surface area contributed by atoms with Gasteiger partial charge in [0, 0.05) is 0 Å². The van der Waals surface area contributed by atoms with Crippen LogP contribution in [-0.2, 0) is 13.4 Å². The zero-order chi connectivity index (χ0) is 46.7. The molecule has 0 aromatic rings. The third-order valence-electron chi connectivity index (χ3n) is 12.0. The molecular weight excluding hydrogens is 832 g/mol. The molecule has 0 aliphatic rings. The molecule has 0 spiro atoms. The summed E-state index contributed by atoms with van der Waals surface area (Å²) in [5.74, 6) is 0. The molecule has 61 heavy (non-hydrogen) atoms. The summed E-state index contributed by atoms with van der Waals surface area (Å²) >= 11 is 0. The Hall–Kier alpha value is 1.78. The van der Waals surface area contributed by atoms with Crippen LogP contribution in [-0.4, -0.2) is 163 Å². The van der Waals surface area contributed by atoms with Gasteiger partial charge in [0.2, 0.25) is 0 Å². The Bertz CT molecular complexity index is 753.